The second-order valence-corrected chi connectivity index (χ2v) is 9.37. The number of nitrogens with two attached hydrogens (primary N) is 1. The fraction of sp³-hybridized carbons (Fsp3) is 0.333. The van der Waals surface area contributed by atoms with Gasteiger partial charge in [0.15, 0.2) is 0 Å². The lowest BCUT2D eigenvalue weighted by Crippen LogP contribution is -2.45. The Morgan fingerprint density at radius 1 is 1.28 bits per heavy atom. The van der Waals surface area contributed by atoms with Crippen LogP contribution in [0.2, 0.25) is 0 Å². The maximum Gasteiger partial charge on any atom is 0.238 e. The largest absolute Gasteiger partial charge is 0.374 e. The number of rotatable bonds is 4. The number of aromatic nitrogens is 2. The third kappa shape index (κ3) is 4.23. The number of imidazole rings is 1. The summed E-state index contributed by atoms with van der Waals surface area (Å²) in [6, 6.07) is 4.97. The molecule has 0 saturated carbocycles. The van der Waals surface area contributed by atoms with E-state index in [2.05, 4.69) is 4.98 Å². The molecule has 170 valence electrons. The quantitative estimate of drug-likeness (QED) is 0.636. The molecule has 1 saturated heterocycles. The van der Waals surface area contributed by atoms with Crippen LogP contribution in [-0.2, 0) is 26.0 Å². The molecule has 2 aromatic heterocycles. The molecule has 0 bridgehead atoms. The Balaban J connectivity index is 1.85. The van der Waals surface area contributed by atoms with Gasteiger partial charge in [-0.15, -0.1) is 0 Å². The summed E-state index contributed by atoms with van der Waals surface area (Å²) in [6.45, 7) is 4.50. The van der Waals surface area contributed by atoms with Crippen molar-refractivity contribution in [2.75, 3.05) is 19.7 Å². The van der Waals surface area contributed by atoms with E-state index >= 15 is 0 Å². The van der Waals surface area contributed by atoms with E-state index in [4.69, 9.17) is 9.88 Å². The van der Waals surface area contributed by atoms with Crippen molar-refractivity contribution < 1.29 is 26.7 Å². The highest BCUT2D eigenvalue weighted by Gasteiger charge is 2.28. The number of ether oxygens (including phenoxy) is 1. The van der Waals surface area contributed by atoms with Crippen LogP contribution in [0.1, 0.15) is 18.2 Å². The van der Waals surface area contributed by atoms with Gasteiger partial charge in [-0.05, 0) is 36.8 Å². The van der Waals surface area contributed by atoms with Crippen LogP contribution in [0.25, 0.3) is 16.9 Å². The van der Waals surface area contributed by atoms with Crippen molar-refractivity contribution in [1.82, 2.24) is 14.3 Å². The Morgan fingerprint density at radius 2 is 1.97 bits per heavy atom. The molecule has 11 heteroatoms. The fourth-order valence-electron chi connectivity index (χ4n) is 3.88. The number of carbonyl (C=O) groups is 1. The van der Waals surface area contributed by atoms with Gasteiger partial charge in [0.25, 0.3) is 0 Å². The zero-order valence-corrected chi connectivity index (χ0v) is 18.3. The number of hydrogen-bond acceptors (Lipinski definition) is 5. The molecule has 1 unspecified atom stereocenters. The molecule has 1 amide bonds. The van der Waals surface area contributed by atoms with Crippen LogP contribution >= 0.6 is 0 Å². The first-order chi connectivity index (χ1) is 15.0. The van der Waals surface area contributed by atoms with Crippen molar-refractivity contribution in [3.8, 4) is 11.3 Å². The van der Waals surface area contributed by atoms with E-state index < -0.39 is 38.2 Å². The van der Waals surface area contributed by atoms with Crippen molar-refractivity contribution in [2.24, 2.45) is 5.14 Å². The third-order valence-electron chi connectivity index (χ3n) is 5.47. The van der Waals surface area contributed by atoms with Crippen LogP contribution in [-0.4, -0.2) is 54.4 Å². The Bertz CT molecular complexity index is 1300. The maximum atomic E-state index is 15.0. The van der Waals surface area contributed by atoms with Gasteiger partial charge in [0.2, 0.25) is 15.9 Å². The average molecular weight is 464 g/mol. The number of benzene rings is 1. The highest BCUT2D eigenvalue weighted by Crippen LogP contribution is 2.32. The fourth-order valence-corrected chi connectivity index (χ4v) is 4.41. The summed E-state index contributed by atoms with van der Waals surface area (Å²) >= 11 is 0. The van der Waals surface area contributed by atoms with Crippen molar-refractivity contribution in [3.63, 3.8) is 0 Å². The van der Waals surface area contributed by atoms with Gasteiger partial charge in [-0.3, -0.25) is 4.79 Å². The summed E-state index contributed by atoms with van der Waals surface area (Å²) in [7, 11) is -4.29. The predicted molar refractivity (Wildman–Crippen MR) is 112 cm³/mol. The van der Waals surface area contributed by atoms with Crippen molar-refractivity contribution >= 4 is 21.6 Å². The molecular formula is C21H22F2N4O4S. The normalized spacial score (nSPS) is 17.2. The molecule has 1 fully saturated rings. The van der Waals surface area contributed by atoms with Crippen LogP contribution < -0.4 is 5.14 Å². The lowest BCUT2D eigenvalue weighted by molar-refractivity contribution is -0.136. The van der Waals surface area contributed by atoms with E-state index in [1.165, 1.54) is 6.92 Å². The monoisotopic (exact) mass is 464 g/mol. The minimum absolute atomic E-state index is 0.0371. The molecule has 0 radical (unpaired) electrons. The molecule has 0 aliphatic carbocycles. The molecule has 3 aromatic rings. The predicted octanol–water partition coefficient (Wildman–Crippen LogP) is 2.03. The second-order valence-electron chi connectivity index (χ2n) is 7.81. The molecule has 4 rings (SSSR count). The van der Waals surface area contributed by atoms with Gasteiger partial charge >= 0.3 is 0 Å². The summed E-state index contributed by atoms with van der Waals surface area (Å²) < 4.78 is 60.6. The Morgan fingerprint density at radius 3 is 2.59 bits per heavy atom. The molecule has 2 N–H and O–H groups in total. The topological polar surface area (TPSA) is 107 Å². The van der Waals surface area contributed by atoms with Gasteiger partial charge in [-0.2, -0.15) is 0 Å². The number of hydrogen-bond donors (Lipinski definition) is 1. The van der Waals surface area contributed by atoms with E-state index in [-0.39, 0.29) is 18.0 Å². The molecule has 1 aliphatic rings. The molecule has 1 aromatic carbocycles. The standard InChI is InChI=1S/C21H22F2N4O4S/c1-12-3-4-27-18(8-14-11-26(13(2)28)5-6-31-14)21(25-19(27)7-12)20-16(22)9-15(10-17(20)23)32(24,29)30/h3-4,7,9-10,14H,5-6,8,11H2,1-2H3,(H2,24,29,30). The molecule has 32 heavy (non-hydrogen) atoms. The summed E-state index contributed by atoms with van der Waals surface area (Å²) in [5.41, 5.74) is 1.45. The number of aryl methyl sites for hydroxylation is 1. The average Bonchev–Trinajstić information content (AvgIpc) is 3.04. The zero-order valence-electron chi connectivity index (χ0n) is 17.5. The number of carbonyl (C=O) groups excluding carboxylic acids is 1. The number of sulfonamides is 1. The first-order valence-corrected chi connectivity index (χ1v) is 11.5. The van der Waals surface area contributed by atoms with E-state index in [0.29, 0.717) is 43.2 Å². The molecule has 1 atom stereocenters. The highest BCUT2D eigenvalue weighted by atomic mass is 32.2. The van der Waals surface area contributed by atoms with E-state index in [1.807, 2.05) is 13.0 Å². The Kier molecular flexibility index (Phi) is 5.74. The van der Waals surface area contributed by atoms with Gasteiger partial charge < -0.3 is 14.0 Å². The van der Waals surface area contributed by atoms with Crippen LogP contribution in [0, 0.1) is 18.6 Å². The number of primary sulfonamides is 1. The summed E-state index contributed by atoms with van der Waals surface area (Å²) in [5, 5.41) is 5.02. The SMILES string of the molecule is CC(=O)N1CCOC(Cc2c(-c3c(F)cc(S(N)(=O)=O)cc3F)nc3cc(C)ccn23)C1. The lowest BCUT2D eigenvalue weighted by Gasteiger charge is -2.32. The summed E-state index contributed by atoms with van der Waals surface area (Å²) in [5.74, 6) is -2.27. The van der Waals surface area contributed by atoms with Gasteiger partial charge in [0, 0.05) is 32.6 Å². The van der Waals surface area contributed by atoms with Crippen molar-refractivity contribution in [1.29, 1.82) is 0 Å². The van der Waals surface area contributed by atoms with Gasteiger partial charge in [-0.1, -0.05) is 0 Å². The number of nitrogens with zero attached hydrogens (tertiary/aromatic N) is 3. The summed E-state index contributed by atoms with van der Waals surface area (Å²) in [6.07, 6.45) is 1.58. The van der Waals surface area contributed by atoms with E-state index in [1.54, 1.807) is 21.6 Å². The minimum atomic E-state index is -4.29. The van der Waals surface area contributed by atoms with Crippen LogP contribution in [0.4, 0.5) is 8.78 Å². The van der Waals surface area contributed by atoms with Gasteiger partial charge in [-0.25, -0.2) is 27.3 Å². The Labute approximate surface area is 183 Å². The molecule has 1 aliphatic heterocycles. The number of halogens is 2. The number of pyridine rings is 1. The first kappa shape index (κ1) is 22.3. The van der Waals surface area contributed by atoms with E-state index in [9.17, 15) is 22.0 Å². The zero-order chi connectivity index (χ0) is 23.2. The van der Waals surface area contributed by atoms with Crippen LogP contribution in [0.5, 0.6) is 0 Å². The van der Waals surface area contributed by atoms with Crippen molar-refractivity contribution in [3.05, 3.63) is 53.4 Å². The third-order valence-corrected chi connectivity index (χ3v) is 6.36. The number of fused-ring (bicyclic) bond motifs is 1. The number of morpholine rings is 1. The minimum Gasteiger partial charge on any atom is -0.374 e. The number of amides is 1. The highest BCUT2D eigenvalue weighted by molar-refractivity contribution is 7.89. The van der Waals surface area contributed by atoms with Gasteiger partial charge in [0.1, 0.15) is 17.3 Å². The van der Waals surface area contributed by atoms with E-state index in [0.717, 1.165) is 5.56 Å². The van der Waals surface area contributed by atoms with Crippen LogP contribution in [0.15, 0.2) is 35.4 Å². The molecule has 0 spiro atoms. The summed E-state index contributed by atoms with van der Waals surface area (Å²) in [4.78, 5) is 17.2. The molecular weight excluding hydrogens is 442 g/mol. The second kappa shape index (κ2) is 8.23. The van der Waals surface area contributed by atoms with Crippen LogP contribution in [0.3, 0.4) is 0 Å². The van der Waals surface area contributed by atoms with Crippen molar-refractivity contribution in [2.45, 2.75) is 31.3 Å². The Hall–Kier alpha value is -2.89. The maximum absolute atomic E-state index is 15.0. The first-order valence-electron chi connectivity index (χ1n) is 9.91. The lowest BCUT2D eigenvalue weighted by atomic mass is 10.0. The molecule has 3 heterocycles. The smallest absolute Gasteiger partial charge is 0.238 e. The molecule has 8 nitrogen and oxygen atoms in total. The van der Waals surface area contributed by atoms with Gasteiger partial charge in [0.05, 0.1) is 34.6 Å².